The highest BCUT2D eigenvalue weighted by atomic mass is 32.2. The van der Waals surface area contributed by atoms with E-state index in [9.17, 15) is 18.4 Å². The number of hydrogen-bond donors (Lipinski definition) is 2. The topological polar surface area (TPSA) is 71.3 Å². The summed E-state index contributed by atoms with van der Waals surface area (Å²) >= 11 is 0.802. The molecule has 0 saturated heterocycles. The summed E-state index contributed by atoms with van der Waals surface area (Å²) in [4.78, 5) is 23.0. The Balaban J connectivity index is 1.75. The third kappa shape index (κ3) is 4.88. The zero-order valence-corrected chi connectivity index (χ0v) is 12.1. The second kappa shape index (κ2) is 7.60. The van der Waals surface area contributed by atoms with Gasteiger partial charge in [0.05, 0.1) is 18.6 Å². The molecule has 3 amide bonds. The number of benzene rings is 1. The fourth-order valence-corrected chi connectivity index (χ4v) is 2.28. The van der Waals surface area contributed by atoms with Crippen LogP contribution < -0.4 is 10.6 Å². The minimum absolute atomic E-state index is 0.00569. The Bertz CT molecular complexity index is 662. The third-order valence-corrected chi connectivity index (χ3v) is 3.54. The Morgan fingerprint density at radius 3 is 2.77 bits per heavy atom. The van der Waals surface area contributed by atoms with Crippen LogP contribution in [0.4, 0.5) is 13.6 Å². The van der Waals surface area contributed by atoms with E-state index in [0.29, 0.717) is 5.76 Å². The minimum atomic E-state index is -0.693. The molecule has 22 heavy (non-hydrogen) atoms. The molecule has 0 bridgehead atoms. The van der Waals surface area contributed by atoms with Crippen molar-refractivity contribution in [1.29, 1.82) is 0 Å². The number of furan rings is 1. The van der Waals surface area contributed by atoms with Crippen LogP contribution >= 0.6 is 11.8 Å². The van der Waals surface area contributed by atoms with Gasteiger partial charge in [-0.1, -0.05) is 0 Å². The first-order valence-electron chi connectivity index (χ1n) is 6.22. The molecule has 0 aliphatic carbocycles. The number of halogens is 2. The SMILES string of the molecule is O=C(CSc1cc(F)ccc1F)NC(=O)NCc1ccco1. The van der Waals surface area contributed by atoms with Crippen LogP contribution in [0.1, 0.15) is 5.76 Å². The molecular weight excluding hydrogens is 314 g/mol. The molecule has 0 aliphatic rings. The van der Waals surface area contributed by atoms with E-state index in [1.54, 1.807) is 12.1 Å². The molecule has 0 fully saturated rings. The van der Waals surface area contributed by atoms with Gasteiger partial charge in [-0.15, -0.1) is 11.8 Å². The van der Waals surface area contributed by atoms with Crippen molar-refractivity contribution in [3.63, 3.8) is 0 Å². The van der Waals surface area contributed by atoms with Crippen molar-refractivity contribution in [2.24, 2.45) is 0 Å². The molecule has 116 valence electrons. The van der Waals surface area contributed by atoms with Gasteiger partial charge < -0.3 is 9.73 Å². The monoisotopic (exact) mass is 326 g/mol. The zero-order chi connectivity index (χ0) is 15.9. The van der Waals surface area contributed by atoms with Crippen molar-refractivity contribution >= 4 is 23.7 Å². The maximum Gasteiger partial charge on any atom is 0.321 e. The Labute approximate surface area is 129 Å². The summed E-state index contributed by atoms with van der Waals surface area (Å²) in [5.41, 5.74) is 0. The van der Waals surface area contributed by atoms with Gasteiger partial charge in [0.2, 0.25) is 5.91 Å². The summed E-state index contributed by atoms with van der Waals surface area (Å²) in [6.07, 6.45) is 1.46. The highest BCUT2D eigenvalue weighted by Gasteiger charge is 2.11. The van der Waals surface area contributed by atoms with E-state index in [1.807, 2.05) is 0 Å². The molecule has 8 heteroatoms. The lowest BCUT2D eigenvalue weighted by molar-refractivity contribution is -0.117. The Morgan fingerprint density at radius 1 is 1.23 bits per heavy atom. The second-order valence-electron chi connectivity index (χ2n) is 4.17. The number of hydrogen-bond acceptors (Lipinski definition) is 4. The Hall–Kier alpha value is -2.35. The van der Waals surface area contributed by atoms with Gasteiger partial charge in [0.1, 0.15) is 17.4 Å². The first kappa shape index (κ1) is 16.0. The molecule has 0 atom stereocenters. The van der Waals surface area contributed by atoms with Crippen molar-refractivity contribution in [2.75, 3.05) is 5.75 Å². The van der Waals surface area contributed by atoms with Crippen molar-refractivity contribution in [3.8, 4) is 0 Å². The van der Waals surface area contributed by atoms with Gasteiger partial charge >= 0.3 is 6.03 Å². The van der Waals surface area contributed by atoms with Gasteiger partial charge in [-0.2, -0.15) is 0 Å². The van der Waals surface area contributed by atoms with E-state index in [0.717, 1.165) is 30.0 Å². The molecule has 5 nitrogen and oxygen atoms in total. The predicted molar refractivity (Wildman–Crippen MR) is 76.2 cm³/mol. The summed E-state index contributed by atoms with van der Waals surface area (Å²) in [5.74, 6) is -1.51. The van der Waals surface area contributed by atoms with Gasteiger partial charge in [0.15, 0.2) is 0 Å². The lowest BCUT2D eigenvalue weighted by Crippen LogP contribution is -2.39. The second-order valence-corrected chi connectivity index (χ2v) is 5.19. The number of carbonyl (C=O) groups is 2. The molecule has 1 heterocycles. The first-order chi connectivity index (χ1) is 10.5. The number of rotatable bonds is 5. The molecule has 0 aliphatic heterocycles. The normalized spacial score (nSPS) is 10.3. The number of imide groups is 1. The van der Waals surface area contributed by atoms with Gasteiger partial charge in [-0.25, -0.2) is 13.6 Å². The van der Waals surface area contributed by atoms with E-state index in [4.69, 9.17) is 4.42 Å². The molecule has 1 aromatic heterocycles. The molecule has 2 rings (SSSR count). The maximum atomic E-state index is 13.4. The summed E-state index contributed by atoms with van der Waals surface area (Å²) < 4.78 is 31.3. The number of amides is 3. The van der Waals surface area contributed by atoms with Gasteiger partial charge in [0.25, 0.3) is 0 Å². The van der Waals surface area contributed by atoms with Crippen LogP contribution in [0, 0.1) is 11.6 Å². The van der Waals surface area contributed by atoms with Crippen LogP contribution in [0.5, 0.6) is 0 Å². The van der Waals surface area contributed by atoms with Crippen LogP contribution in [-0.2, 0) is 11.3 Å². The molecule has 0 unspecified atom stereocenters. The summed E-state index contributed by atoms with van der Waals surface area (Å²) in [6.45, 7) is 0.137. The molecular formula is C14H12F2N2O3S. The molecule has 0 saturated carbocycles. The van der Waals surface area contributed by atoms with Crippen molar-refractivity contribution in [1.82, 2.24) is 10.6 Å². The fourth-order valence-electron chi connectivity index (χ4n) is 1.52. The van der Waals surface area contributed by atoms with Crippen LogP contribution in [0.25, 0.3) is 0 Å². The van der Waals surface area contributed by atoms with E-state index in [2.05, 4.69) is 10.6 Å². The van der Waals surface area contributed by atoms with Gasteiger partial charge in [-0.05, 0) is 30.3 Å². The average molecular weight is 326 g/mol. The maximum absolute atomic E-state index is 13.4. The largest absolute Gasteiger partial charge is 0.467 e. The Kier molecular flexibility index (Phi) is 5.54. The summed E-state index contributed by atoms with van der Waals surface area (Å²) in [7, 11) is 0. The Morgan fingerprint density at radius 2 is 2.05 bits per heavy atom. The van der Waals surface area contributed by atoms with E-state index < -0.39 is 23.6 Å². The number of carbonyl (C=O) groups excluding carboxylic acids is 2. The van der Waals surface area contributed by atoms with E-state index in [1.165, 1.54) is 6.26 Å². The van der Waals surface area contributed by atoms with Crippen molar-refractivity contribution < 1.29 is 22.8 Å². The highest BCUT2D eigenvalue weighted by Crippen LogP contribution is 2.22. The van der Waals surface area contributed by atoms with E-state index >= 15 is 0 Å². The summed E-state index contributed by atoms with van der Waals surface area (Å²) in [6, 6.07) is 5.61. The number of urea groups is 1. The lowest BCUT2D eigenvalue weighted by atomic mass is 10.3. The smallest absolute Gasteiger partial charge is 0.321 e. The van der Waals surface area contributed by atoms with Crippen LogP contribution in [0.15, 0.2) is 45.9 Å². The number of thioether (sulfide) groups is 1. The van der Waals surface area contributed by atoms with Crippen LogP contribution in [0.2, 0.25) is 0 Å². The standard InChI is InChI=1S/C14H12F2N2O3S/c15-9-3-4-11(16)12(6-9)22-8-13(19)18-14(20)17-7-10-2-1-5-21-10/h1-6H,7-8H2,(H2,17,18,19,20). The molecule has 0 spiro atoms. The van der Waals surface area contributed by atoms with Gasteiger partial charge in [0, 0.05) is 4.90 Å². The first-order valence-corrected chi connectivity index (χ1v) is 7.21. The average Bonchev–Trinajstić information content (AvgIpc) is 2.99. The predicted octanol–water partition coefficient (Wildman–Crippen LogP) is 2.68. The van der Waals surface area contributed by atoms with Crippen molar-refractivity contribution in [3.05, 3.63) is 54.0 Å². The number of nitrogens with one attached hydrogen (secondary N) is 2. The summed E-state index contributed by atoms with van der Waals surface area (Å²) in [5, 5.41) is 4.51. The molecule has 0 radical (unpaired) electrons. The van der Waals surface area contributed by atoms with Crippen LogP contribution in [0.3, 0.4) is 0 Å². The molecule has 1 aromatic carbocycles. The zero-order valence-electron chi connectivity index (χ0n) is 11.3. The molecule has 2 N–H and O–H groups in total. The third-order valence-electron chi connectivity index (χ3n) is 2.51. The fraction of sp³-hybridized carbons (Fsp3) is 0.143. The van der Waals surface area contributed by atoms with Gasteiger partial charge in [-0.3, -0.25) is 10.1 Å². The molecule has 2 aromatic rings. The van der Waals surface area contributed by atoms with Crippen molar-refractivity contribution in [2.45, 2.75) is 11.4 Å². The van der Waals surface area contributed by atoms with E-state index in [-0.39, 0.29) is 17.2 Å². The minimum Gasteiger partial charge on any atom is -0.467 e. The quantitative estimate of drug-likeness (QED) is 0.829. The highest BCUT2D eigenvalue weighted by molar-refractivity contribution is 8.00. The lowest BCUT2D eigenvalue weighted by Gasteiger charge is -2.06. The van der Waals surface area contributed by atoms with Crippen LogP contribution in [-0.4, -0.2) is 17.7 Å².